The average molecular weight is 239 g/mol. The molecule has 1 aromatic heterocycles. The van der Waals surface area contributed by atoms with Gasteiger partial charge in [-0.1, -0.05) is 6.07 Å². The van der Waals surface area contributed by atoms with Crippen molar-refractivity contribution in [3.05, 3.63) is 24.1 Å². The Kier molecular flexibility index (Phi) is 3.08. The van der Waals surface area contributed by atoms with E-state index >= 15 is 0 Å². The van der Waals surface area contributed by atoms with Crippen molar-refractivity contribution in [1.82, 2.24) is 4.98 Å². The molecule has 2 heterocycles. The topological polar surface area (TPSA) is 77.2 Å². The molecule has 6 heteroatoms. The molecule has 0 bridgehead atoms. The van der Waals surface area contributed by atoms with E-state index in [-0.39, 0.29) is 24.4 Å². The minimum Gasteiger partial charge on any atom is -0.379 e. The van der Waals surface area contributed by atoms with Crippen LogP contribution in [-0.4, -0.2) is 30.1 Å². The minimum absolute atomic E-state index is 0.176. The maximum atomic E-state index is 12.9. The van der Waals surface area contributed by atoms with Gasteiger partial charge >= 0.3 is 0 Å². The van der Waals surface area contributed by atoms with Gasteiger partial charge in [-0.15, -0.1) is 0 Å². The van der Waals surface area contributed by atoms with Gasteiger partial charge in [-0.05, 0) is 19.1 Å². The predicted octanol–water partition coefficient (Wildman–Crippen LogP) is 0.523. The highest BCUT2D eigenvalue weighted by atomic mass is 19.1. The van der Waals surface area contributed by atoms with Gasteiger partial charge in [0.25, 0.3) is 0 Å². The van der Waals surface area contributed by atoms with Crippen molar-refractivity contribution < 1.29 is 13.9 Å². The first kappa shape index (κ1) is 11.9. The van der Waals surface area contributed by atoms with Gasteiger partial charge in [0.15, 0.2) is 0 Å². The highest BCUT2D eigenvalue weighted by Crippen LogP contribution is 2.28. The second kappa shape index (κ2) is 4.38. The number of aromatic nitrogens is 1. The molecule has 92 valence electrons. The van der Waals surface area contributed by atoms with E-state index in [1.165, 1.54) is 18.2 Å². The Hall–Kier alpha value is -1.53. The van der Waals surface area contributed by atoms with Gasteiger partial charge < -0.3 is 15.8 Å². The Balaban J connectivity index is 2.12. The molecule has 3 N–H and O–H groups in total. The average Bonchev–Trinajstić information content (AvgIpc) is 2.60. The van der Waals surface area contributed by atoms with Crippen LogP contribution in [0.3, 0.4) is 0 Å². The third-order valence-corrected chi connectivity index (χ3v) is 2.99. The van der Waals surface area contributed by atoms with Crippen LogP contribution in [0.2, 0.25) is 0 Å². The van der Waals surface area contributed by atoms with Gasteiger partial charge in [-0.25, -0.2) is 4.98 Å². The number of pyridine rings is 1. The molecule has 1 aromatic rings. The molecule has 0 radical (unpaired) electrons. The number of carbonyl (C=O) groups excluding carboxylic acids is 1. The van der Waals surface area contributed by atoms with E-state index < -0.39 is 11.4 Å². The number of carbonyl (C=O) groups is 1. The van der Waals surface area contributed by atoms with Crippen LogP contribution in [-0.2, 0) is 9.53 Å². The van der Waals surface area contributed by atoms with E-state index in [4.69, 9.17) is 10.5 Å². The summed E-state index contributed by atoms with van der Waals surface area (Å²) in [5.74, 6) is -0.768. The van der Waals surface area contributed by atoms with Crippen molar-refractivity contribution in [2.24, 2.45) is 11.1 Å². The van der Waals surface area contributed by atoms with Gasteiger partial charge in [0.1, 0.15) is 5.82 Å². The number of nitrogens with two attached hydrogens (primary N) is 1. The third-order valence-electron chi connectivity index (χ3n) is 2.99. The quantitative estimate of drug-likeness (QED) is 0.738. The molecule has 1 saturated heterocycles. The van der Waals surface area contributed by atoms with Gasteiger partial charge in [0.2, 0.25) is 11.9 Å². The van der Waals surface area contributed by atoms with Crippen LogP contribution >= 0.6 is 0 Å². The van der Waals surface area contributed by atoms with E-state index in [2.05, 4.69) is 10.3 Å². The van der Waals surface area contributed by atoms with E-state index in [0.717, 1.165) is 0 Å². The predicted molar refractivity (Wildman–Crippen MR) is 59.7 cm³/mol. The molecule has 1 aliphatic rings. The summed E-state index contributed by atoms with van der Waals surface area (Å²) in [6, 6.07) is 3.84. The fourth-order valence-corrected chi connectivity index (χ4v) is 1.66. The lowest BCUT2D eigenvalue weighted by Gasteiger charge is -2.24. The maximum absolute atomic E-state index is 12.9. The molecule has 1 fully saturated rings. The van der Waals surface area contributed by atoms with Crippen LogP contribution in [0.4, 0.5) is 10.2 Å². The van der Waals surface area contributed by atoms with E-state index in [1.54, 1.807) is 6.92 Å². The number of nitrogens with zero attached hydrogens (tertiary/aromatic N) is 1. The molecular formula is C11H14FN3O2. The number of nitrogens with one attached hydrogen (secondary N) is 1. The highest BCUT2D eigenvalue weighted by molar-refractivity contribution is 5.95. The largest absolute Gasteiger partial charge is 0.379 e. The summed E-state index contributed by atoms with van der Waals surface area (Å²) >= 11 is 0. The van der Waals surface area contributed by atoms with Crippen molar-refractivity contribution in [3.63, 3.8) is 0 Å². The summed E-state index contributed by atoms with van der Waals surface area (Å²) in [7, 11) is 0. The number of amides is 1. The second-order valence-corrected chi connectivity index (χ2v) is 4.34. The molecule has 2 unspecified atom stereocenters. The zero-order valence-corrected chi connectivity index (χ0v) is 9.44. The number of ether oxygens (including phenoxy) is 1. The second-order valence-electron chi connectivity index (χ2n) is 4.34. The van der Waals surface area contributed by atoms with Crippen molar-refractivity contribution in [2.45, 2.75) is 13.0 Å². The SMILES string of the molecule is CC1(C(=O)Nc2cccc(F)n2)COCC1N. The van der Waals surface area contributed by atoms with Crippen molar-refractivity contribution >= 4 is 11.7 Å². The Morgan fingerprint density at radius 2 is 2.47 bits per heavy atom. The maximum Gasteiger partial charge on any atom is 0.235 e. The van der Waals surface area contributed by atoms with Crippen LogP contribution < -0.4 is 11.1 Å². The first-order valence-corrected chi connectivity index (χ1v) is 5.30. The Labute approximate surface area is 98.2 Å². The number of rotatable bonds is 2. The third kappa shape index (κ3) is 2.27. The molecule has 2 rings (SSSR count). The van der Waals surface area contributed by atoms with Crippen LogP contribution in [0.15, 0.2) is 18.2 Å². The van der Waals surface area contributed by atoms with Crippen molar-refractivity contribution in [2.75, 3.05) is 18.5 Å². The van der Waals surface area contributed by atoms with Crippen molar-refractivity contribution in [1.29, 1.82) is 0 Å². The lowest BCUT2D eigenvalue weighted by molar-refractivity contribution is -0.125. The van der Waals surface area contributed by atoms with Crippen LogP contribution in [0, 0.1) is 11.4 Å². The van der Waals surface area contributed by atoms with Gasteiger partial charge in [-0.3, -0.25) is 4.79 Å². The molecule has 0 saturated carbocycles. The van der Waals surface area contributed by atoms with Crippen LogP contribution in [0.1, 0.15) is 6.92 Å². The zero-order chi connectivity index (χ0) is 12.5. The summed E-state index contributed by atoms with van der Waals surface area (Å²) in [6.07, 6.45) is 0. The fourth-order valence-electron chi connectivity index (χ4n) is 1.66. The smallest absolute Gasteiger partial charge is 0.235 e. The first-order chi connectivity index (χ1) is 8.02. The molecular weight excluding hydrogens is 225 g/mol. The molecule has 0 aromatic carbocycles. The normalized spacial score (nSPS) is 28.1. The number of hydrogen-bond acceptors (Lipinski definition) is 4. The van der Waals surface area contributed by atoms with E-state index in [1.807, 2.05) is 0 Å². The monoisotopic (exact) mass is 239 g/mol. The number of hydrogen-bond donors (Lipinski definition) is 2. The number of anilines is 1. The number of halogens is 1. The Morgan fingerprint density at radius 1 is 1.71 bits per heavy atom. The van der Waals surface area contributed by atoms with Gasteiger partial charge in [-0.2, -0.15) is 4.39 Å². The Morgan fingerprint density at radius 3 is 3.06 bits per heavy atom. The molecule has 1 aliphatic heterocycles. The van der Waals surface area contributed by atoms with E-state index in [9.17, 15) is 9.18 Å². The van der Waals surface area contributed by atoms with Crippen molar-refractivity contribution in [3.8, 4) is 0 Å². The molecule has 0 aliphatic carbocycles. The molecule has 1 amide bonds. The van der Waals surface area contributed by atoms with E-state index in [0.29, 0.717) is 6.61 Å². The molecule has 17 heavy (non-hydrogen) atoms. The Bertz CT molecular complexity index is 440. The van der Waals surface area contributed by atoms with Gasteiger partial charge in [0, 0.05) is 6.04 Å². The minimum atomic E-state index is -0.798. The van der Waals surface area contributed by atoms with Crippen LogP contribution in [0.5, 0.6) is 0 Å². The highest BCUT2D eigenvalue weighted by Gasteiger charge is 2.44. The summed E-state index contributed by atoms with van der Waals surface area (Å²) in [6.45, 7) is 2.33. The summed E-state index contributed by atoms with van der Waals surface area (Å²) in [5.41, 5.74) is 5.02. The standard InChI is InChI=1S/C11H14FN3O2/c1-11(6-17-5-7(11)13)10(16)15-9-4-2-3-8(12)14-9/h2-4,7H,5-6,13H2,1H3,(H,14,15,16). The zero-order valence-electron chi connectivity index (χ0n) is 9.44. The lowest BCUT2D eigenvalue weighted by Crippen LogP contribution is -2.47. The summed E-state index contributed by atoms with van der Waals surface area (Å²) in [4.78, 5) is 15.6. The van der Waals surface area contributed by atoms with Gasteiger partial charge in [0.05, 0.1) is 18.6 Å². The molecule has 2 atom stereocenters. The molecule has 5 nitrogen and oxygen atoms in total. The fraction of sp³-hybridized carbons (Fsp3) is 0.455. The lowest BCUT2D eigenvalue weighted by atomic mass is 9.85. The summed E-state index contributed by atoms with van der Waals surface area (Å²) < 4.78 is 18.0. The first-order valence-electron chi connectivity index (χ1n) is 5.30. The molecule has 0 spiro atoms. The van der Waals surface area contributed by atoms with Crippen LogP contribution in [0.25, 0.3) is 0 Å². The summed E-state index contributed by atoms with van der Waals surface area (Å²) in [5, 5.41) is 2.55.